The zero-order chi connectivity index (χ0) is 37.2. The van der Waals surface area contributed by atoms with Crippen molar-refractivity contribution in [2.75, 3.05) is 26.3 Å². The van der Waals surface area contributed by atoms with E-state index in [2.05, 4.69) is 0 Å². The summed E-state index contributed by atoms with van der Waals surface area (Å²) in [7, 11) is 0. The van der Waals surface area contributed by atoms with Crippen molar-refractivity contribution in [1.29, 1.82) is 0 Å². The summed E-state index contributed by atoms with van der Waals surface area (Å²) in [6, 6.07) is -1.43. The number of unbranched alkanes of at least 4 members (excludes halogenated alkanes) is 2. The van der Waals surface area contributed by atoms with Gasteiger partial charge in [-0.1, -0.05) is 12.8 Å². The molecule has 0 saturated heterocycles. The normalized spacial score (nSPS) is 16.8. The minimum absolute atomic E-state index is 0. The third-order valence-corrected chi connectivity index (χ3v) is 5.57. The predicted molar refractivity (Wildman–Crippen MR) is 149 cm³/mol. The van der Waals surface area contributed by atoms with Crippen LogP contribution in [0.15, 0.2) is 0 Å². The van der Waals surface area contributed by atoms with Crippen LogP contribution in [0.1, 0.15) is 38.5 Å². The number of aliphatic carboxylic acids is 4. The van der Waals surface area contributed by atoms with Crippen LogP contribution in [0.3, 0.4) is 0 Å². The summed E-state index contributed by atoms with van der Waals surface area (Å²) in [6.45, 7) is -0.519. The van der Waals surface area contributed by atoms with Gasteiger partial charge < -0.3 is 104 Å². The van der Waals surface area contributed by atoms with E-state index in [9.17, 15) is 29.4 Å². The number of aliphatic hydroxyl groups is 10. The minimum Gasteiger partial charge on any atom is -0.547 e. The van der Waals surface area contributed by atoms with E-state index in [0.29, 0.717) is 25.9 Å². The fourth-order valence-electron chi connectivity index (χ4n) is 2.59. The topological polar surface area (TPSA) is 461 Å². The maximum absolute atomic E-state index is 10.1. The standard InChI is InChI=1S/2C6H14N2O2.2C6H12O7.Zn/c2*7-4-2-1-3-5(8)6(9)10;2*7-1-2(8)3(9)4(10)5(11)6(12)13;/h2*5H,1-4,7-8H2,(H,9,10);2*2-5,7-11H,1H2,(H,12,13);/q;;;;+2/p-2. The average Bonchev–Trinajstić information content (AvgIpc) is 3.02. The third-order valence-electron chi connectivity index (χ3n) is 5.57. The van der Waals surface area contributed by atoms with E-state index in [1.54, 1.807) is 0 Å². The Kier molecular flexibility index (Phi) is 37.6. The molecule has 0 fully saturated rings. The molecule has 22 nitrogen and oxygen atoms in total. The molecule has 0 aliphatic rings. The fraction of sp³-hybridized carbons (Fsp3) is 0.833. The summed E-state index contributed by atoms with van der Waals surface area (Å²) in [5.74, 6) is -5.82. The molecule has 0 heterocycles. The molecule has 0 spiro atoms. The van der Waals surface area contributed by atoms with Crippen LogP contribution in [0.25, 0.3) is 0 Å². The number of aliphatic hydroxyl groups excluding tert-OH is 10. The van der Waals surface area contributed by atoms with Gasteiger partial charge in [0, 0.05) is 0 Å². The van der Waals surface area contributed by atoms with Crippen molar-refractivity contribution in [2.45, 2.75) is 99.4 Å². The molecule has 0 rings (SSSR count). The SMILES string of the molecule is NCCCCC(N)C(=O)O.NCCCCC(N)C(=O)O.O=C([O-])C(O)C(O)C(O)C(O)CO.O=C([O-])C(O)C(O)C(O)C(O)CO.[Zn+2]. The summed E-state index contributed by atoms with van der Waals surface area (Å²) in [4.78, 5) is 40.2. The van der Waals surface area contributed by atoms with Gasteiger partial charge in [0.25, 0.3) is 0 Å². The molecule has 0 amide bonds. The Morgan fingerprint density at radius 1 is 0.532 bits per heavy atom. The molecule has 0 aliphatic heterocycles. The van der Waals surface area contributed by atoms with E-state index in [-0.39, 0.29) is 19.5 Å². The molecule has 276 valence electrons. The zero-order valence-corrected chi connectivity index (χ0v) is 28.6. The Balaban J connectivity index is -0.000000167. The monoisotopic (exact) mass is 746 g/mol. The Morgan fingerprint density at radius 2 is 0.787 bits per heavy atom. The number of carboxylic acids is 4. The first-order valence-corrected chi connectivity index (χ1v) is 13.6. The van der Waals surface area contributed by atoms with Crippen molar-refractivity contribution in [3.8, 4) is 0 Å². The largest absolute Gasteiger partial charge is 2.00 e. The smallest absolute Gasteiger partial charge is 0.547 e. The van der Waals surface area contributed by atoms with Crippen LogP contribution in [0.5, 0.6) is 0 Å². The molecule has 0 aromatic heterocycles. The average molecular weight is 748 g/mol. The molecule has 0 saturated carbocycles. The number of hydrogen-bond acceptors (Lipinski definition) is 20. The molecule has 10 atom stereocenters. The molecule has 10 unspecified atom stereocenters. The second-order valence-corrected chi connectivity index (χ2v) is 9.45. The van der Waals surface area contributed by atoms with Crippen molar-refractivity contribution in [3.05, 3.63) is 0 Å². The van der Waals surface area contributed by atoms with E-state index in [0.717, 1.165) is 25.7 Å². The van der Waals surface area contributed by atoms with Gasteiger partial charge in [0.15, 0.2) is 0 Å². The Bertz CT molecular complexity index is 756. The van der Waals surface area contributed by atoms with Gasteiger partial charge in [-0.2, -0.15) is 0 Å². The van der Waals surface area contributed by atoms with Gasteiger partial charge >= 0.3 is 31.4 Å². The summed E-state index contributed by atoms with van der Waals surface area (Å²) in [5.41, 5.74) is 20.8. The first-order chi connectivity index (χ1) is 21.2. The first-order valence-electron chi connectivity index (χ1n) is 13.6. The van der Waals surface area contributed by atoms with Crippen molar-refractivity contribution in [3.63, 3.8) is 0 Å². The predicted octanol–water partition coefficient (Wildman–Crippen LogP) is -10.6. The second-order valence-electron chi connectivity index (χ2n) is 9.45. The van der Waals surface area contributed by atoms with Gasteiger partial charge in [-0.25, -0.2) is 0 Å². The fourth-order valence-corrected chi connectivity index (χ4v) is 2.59. The van der Waals surface area contributed by atoms with Crippen molar-refractivity contribution < 1.29 is 110 Å². The number of nitrogens with two attached hydrogens (primary N) is 4. The van der Waals surface area contributed by atoms with E-state index in [4.69, 9.17) is 84.2 Å². The number of carbonyl (C=O) groups excluding carboxylic acids is 2. The Hall–Kier alpha value is -2.06. The number of rotatable bonds is 20. The van der Waals surface area contributed by atoms with E-state index >= 15 is 0 Å². The van der Waals surface area contributed by atoms with Crippen LogP contribution in [0.4, 0.5) is 0 Å². The second kappa shape index (κ2) is 32.5. The Labute approximate surface area is 282 Å². The summed E-state index contributed by atoms with van der Waals surface area (Å²) in [6.07, 6.45) is -11.8. The van der Waals surface area contributed by atoms with Crippen LogP contribution >= 0.6 is 0 Å². The first kappa shape index (κ1) is 54.4. The molecule has 0 bridgehead atoms. The van der Waals surface area contributed by atoms with E-state index < -0.39 is 98.0 Å². The van der Waals surface area contributed by atoms with Crippen molar-refractivity contribution in [1.82, 2.24) is 0 Å². The van der Waals surface area contributed by atoms with Crippen molar-refractivity contribution >= 4 is 23.9 Å². The number of hydrogen-bond donors (Lipinski definition) is 16. The molecule has 23 heteroatoms. The summed E-state index contributed by atoms with van der Waals surface area (Å²) >= 11 is 0. The molecular formula is C24H50N4O18Zn. The van der Waals surface area contributed by atoms with Gasteiger partial charge in [-0.3, -0.25) is 9.59 Å². The molecule has 0 aromatic carbocycles. The molecule has 0 aromatic rings. The molecule has 0 radical (unpaired) electrons. The maximum atomic E-state index is 10.1. The van der Waals surface area contributed by atoms with Gasteiger partial charge in [-0.05, 0) is 38.8 Å². The van der Waals surface area contributed by atoms with Gasteiger partial charge in [0.1, 0.15) is 60.9 Å². The summed E-state index contributed by atoms with van der Waals surface area (Å²) < 4.78 is 0. The van der Waals surface area contributed by atoms with Crippen molar-refractivity contribution in [2.24, 2.45) is 22.9 Å². The van der Waals surface area contributed by atoms with Crippen LogP contribution in [0.2, 0.25) is 0 Å². The van der Waals surface area contributed by atoms with Crippen LogP contribution in [-0.2, 0) is 38.7 Å². The number of carboxylic acid groups (broad SMARTS) is 4. The zero-order valence-electron chi connectivity index (χ0n) is 25.7. The molecular weight excluding hydrogens is 698 g/mol. The molecule has 0 aliphatic carbocycles. The van der Waals surface area contributed by atoms with Crippen LogP contribution in [0, 0.1) is 0 Å². The molecule has 20 N–H and O–H groups in total. The van der Waals surface area contributed by atoms with Gasteiger partial charge in [0.05, 0.1) is 25.2 Å². The van der Waals surface area contributed by atoms with Crippen LogP contribution < -0.4 is 33.1 Å². The minimum atomic E-state index is -2.31. The van der Waals surface area contributed by atoms with Gasteiger partial charge in [0.2, 0.25) is 0 Å². The molecule has 47 heavy (non-hydrogen) atoms. The Morgan fingerprint density at radius 3 is 0.957 bits per heavy atom. The van der Waals surface area contributed by atoms with Crippen LogP contribution in [-0.4, -0.2) is 172 Å². The van der Waals surface area contributed by atoms with E-state index in [1.807, 2.05) is 0 Å². The summed E-state index contributed by atoms with van der Waals surface area (Å²) in [5, 5.41) is 124. The maximum Gasteiger partial charge on any atom is 2.00 e. The van der Waals surface area contributed by atoms with E-state index in [1.165, 1.54) is 0 Å². The van der Waals surface area contributed by atoms with Gasteiger partial charge in [-0.15, -0.1) is 0 Å². The number of carbonyl (C=O) groups is 4. The quantitative estimate of drug-likeness (QED) is 0.0406. The third kappa shape index (κ3) is 28.7.